The second kappa shape index (κ2) is 4.52. The van der Waals surface area contributed by atoms with Crippen LogP contribution in [0.1, 0.15) is 40.0 Å². The molecule has 17 heavy (non-hydrogen) atoms. The van der Waals surface area contributed by atoms with E-state index in [1.165, 1.54) is 19.3 Å². The van der Waals surface area contributed by atoms with Crippen molar-refractivity contribution in [3.05, 3.63) is 0 Å². The highest BCUT2D eigenvalue weighted by molar-refractivity contribution is 5.12. The van der Waals surface area contributed by atoms with E-state index < -0.39 is 0 Å². The summed E-state index contributed by atoms with van der Waals surface area (Å²) in [5.74, 6) is 0.851. The van der Waals surface area contributed by atoms with Gasteiger partial charge in [-0.25, -0.2) is 0 Å². The third-order valence-electron chi connectivity index (χ3n) is 5.75. The van der Waals surface area contributed by atoms with Gasteiger partial charge in [0.05, 0.1) is 12.7 Å². The van der Waals surface area contributed by atoms with Gasteiger partial charge < -0.3 is 15.2 Å². The molecule has 0 aromatic carbocycles. The topological polar surface area (TPSA) is 41.5 Å². The molecule has 2 aliphatic carbocycles. The van der Waals surface area contributed by atoms with Crippen molar-refractivity contribution in [3.8, 4) is 0 Å². The summed E-state index contributed by atoms with van der Waals surface area (Å²) in [4.78, 5) is 0. The van der Waals surface area contributed by atoms with Crippen molar-refractivity contribution in [3.63, 3.8) is 0 Å². The summed E-state index contributed by atoms with van der Waals surface area (Å²) in [7, 11) is 1.63. The number of nitrogens with one attached hydrogen (secondary N) is 1. The first-order valence-corrected chi connectivity index (χ1v) is 6.82. The number of rotatable bonds is 5. The maximum atomic E-state index is 9.71. The lowest BCUT2D eigenvalue weighted by Gasteiger charge is -2.40. The molecule has 2 rings (SSSR count). The van der Waals surface area contributed by atoms with Crippen LogP contribution in [0.3, 0.4) is 0 Å². The van der Waals surface area contributed by atoms with Crippen LogP contribution in [0.5, 0.6) is 0 Å². The van der Waals surface area contributed by atoms with Gasteiger partial charge in [-0.2, -0.15) is 0 Å². The average molecular weight is 241 g/mol. The van der Waals surface area contributed by atoms with Crippen molar-refractivity contribution < 1.29 is 9.84 Å². The van der Waals surface area contributed by atoms with Crippen LogP contribution in [0.15, 0.2) is 0 Å². The lowest BCUT2D eigenvalue weighted by molar-refractivity contribution is 0.0537. The zero-order valence-corrected chi connectivity index (χ0v) is 11.6. The Kier molecular flexibility index (Phi) is 3.54. The van der Waals surface area contributed by atoms with E-state index in [1.54, 1.807) is 7.11 Å². The number of fused-ring (bicyclic) bond motifs is 2. The number of aliphatic hydroxyl groups is 1. The zero-order chi connectivity index (χ0) is 12.7. The molecular formula is C14H27NO2. The van der Waals surface area contributed by atoms with E-state index in [0.717, 1.165) is 5.92 Å². The van der Waals surface area contributed by atoms with Crippen molar-refractivity contribution in [2.24, 2.45) is 16.7 Å². The van der Waals surface area contributed by atoms with Gasteiger partial charge in [0.25, 0.3) is 0 Å². The van der Waals surface area contributed by atoms with Gasteiger partial charge in [0.1, 0.15) is 0 Å². The summed E-state index contributed by atoms with van der Waals surface area (Å²) in [5, 5.41) is 13.3. The summed E-state index contributed by atoms with van der Waals surface area (Å²) in [5.41, 5.74) is 0.835. The molecule has 2 saturated carbocycles. The zero-order valence-electron chi connectivity index (χ0n) is 11.6. The summed E-state index contributed by atoms with van der Waals surface area (Å²) in [6, 6.07) is 0.558. The Labute approximate surface area is 105 Å². The van der Waals surface area contributed by atoms with Crippen LogP contribution >= 0.6 is 0 Å². The van der Waals surface area contributed by atoms with Crippen molar-refractivity contribution in [2.45, 2.75) is 52.2 Å². The van der Waals surface area contributed by atoms with Crippen LogP contribution in [-0.4, -0.2) is 37.5 Å². The Bertz CT molecular complexity index is 279. The van der Waals surface area contributed by atoms with E-state index in [9.17, 15) is 5.11 Å². The molecule has 0 saturated heterocycles. The number of methoxy groups -OCH3 is 1. The molecule has 0 aromatic heterocycles. The minimum Gasteiger partial charge on any atom is -0.389 e. The minimum absolute atomic E-state index is 0.383. The normalized spacial score (nSPS) is 40.8. The van der Waals surface area contributed by atoms with Gasteiger partial charge in [-0.1, -0.05) is 20.8 Å². The van der Waals surface area contributed by atoms with Crippen LogP contribution in [0.4, 0.5) is 0 Å². The molecule has 0 radical (unpaired) electrons. The lowest BCUT2D eigenvalue weighted by atomic mass is 9.69. The van der Waals surface area contributed by atoms with E-state index in [0.29, 0.717) is 30.0 Å². The van der Waals surface area contributed by atoms with Crippen LogP contribution in [0.2, 0.25) is 0 Å². The van der Waals surface area contributed by atoms with E-state index in [-0.39, 0.29) is 6.10 Å². The molecule has 2 aliphatic rings. The van der Waals surface area contributed by atoms with Gasteiger partial charge >= 0.3 is 0 Å². The number of aliphatic hydroxyl groups excluding tert-OH is 1. The predicted molar refractivity (Wildman–Crippen MR) is 68.9 cm³/mol. The van der Waals surface area contributed by atoms with E-state index in [4.69, 9.17) is 4.74 Å². The third kappa shape index (κ3) is 2.02. The molecule has 4 unspecified atom stereocenters. The van der Waals surface area contributed by atoms with Crippen LogP contribution in [-0.2, 0) is 4.74 Å². The number of hydrogen-bond donors (Lipinski definition) is 2. The van der Waals surface area contributed by atoms with E-state index >= 15 is 0 Å². The van der Waals surface area contributed by atoms with Crippen molar-refractivity contribution in [1.29, 1.82) is 0 Å². The molecule has 2 bridgehead atoms. The molecule has 0 heterocycles. The third-order valence-corrected chi connectivity index (χ3v) is 5.75. The van der Waals surface area contributed by atoms with Gasteiger partial charge in [-0.3, -0.25) is 0 Å². The standard InChI is InChI=1S/C14H27NO2/c1-13(2)10-5-6-14(13,3)12(7-10)15-8-11(16)9-17-4/h10-12,15-16H,5-9H2,1-4H3. The van der Waals surface area contributed by atoms with Crippen molar-refractivity contribution in [2.75, 3.05) is 20.3 Å². The highest BCUT2D eigenvalue weighted by atomic mass is 16.5. The van der Waals surface area contributed by atoms with Crippen LogP contribution in [0, 0.1) is 16.7 Å². The van der Waals surface area contributed by atoms with Gasteiger partial charge in [0.2, 0.25) is 0 Å². The Morgan fingerprint density at radius 1 is 1.41 bits per heavy atom. The maximum absolute atomic E-state index is 9.71. The molecule has 3 heteroatoms. The quantitative estimate of drug-likeness (QED) is 0.771. The molecule has 3 nitrogen and oxygen atoms in total. The largest absolute Gasteiger partial charge is 0.389 e. The van der Waals surface area contributed by atoms with Crippen molar-refractivity contribution >= 4 is 0 Å². The van der Waals surface area contributed by atoms with E-state index in [1.807, 2.05) is 0 Å². The highest BCUT2D eigenvalue weighted by Gasteiger charge is 2.60. The van der Waals surface area contributed by atoms with E-state index in [2.05, 4.69) is 26.1 Å². The average Bonchev–Trinajstić information content (AvgIpc) is 2.59. The molecule has 2 fully saturated rings. The lowest BCUT2D eigenvalue weighted by Crippen LogP contribution is -2.47. The van der Waals surface area contributed by atoms with Gasteiger partial charge in [0, 0.05) is 19.7 Å². The van der Waals surface area contributed by atoms with Gasteiger partial charge in [0.15, 0.2) is 0 Å². The van der Waals surface area contributed by atoms with Crippen LogP contribution in [0.25, 0.3) is 0 Å². The Morgan fingerprint density at radius 3 is 2.59 bits per heavy atom. The Morgan fingerprint density at radius 2 is 2.12 bits per heavy atom. The second-order valence-electron chi connectivity index (χ2n) is 6.68. The molecule has 0 aromatic rings. The summed E-state index contributed by atoms with van der Waals surface area (Å²) >= 11 is 0. The summed E-state index contributed by atoms with van der Waals surface area (Å²) in [6.07, 6.45) is 3.58. The predicted octanol–water partition coefficient (Wildman–Crippen LogP) is 1.80. The molecule has 2 N–H and O–H groups in total. The van der Waals surface area contributed by atoms with Crippen LogP contribution < -0.4 is 5.32 Å². The SMILES string of the molecule is COCC(O)CNC1CC2CCC1(C)C2(C)C. The first kappa shape index (κ1) is 13.3. The van der Waals surface area contributed by atoms with Gasteiger partial charge in [-0.15, -0.1) is 0 Å². The number of ether oxygens (including phenoxy) is 1. The molecular weight excluding hydrogens is 214 g/mol. The highest BCUT2D eigenvalue weighted by Crippen LogP contribution is 2.65. The monoisotopic (exact) mass is 241 g/mol. The molecule has 0 aliphatic heterocycles. The first-order chi connectivity index (χ1) is 7.91. The fraction of sp³-hybridized carbons (Fsp3) is 1.00. The fourth-order valence-electron chi connectivity index (χ4n) is 4.04. The summed E-state index contributed by atoms with van der Waals surface area (Å²) in [6.45, 7) is 8.32. The molecule has 0 amide bonds. The number of hydrogen-bond acceptors (Lipinski definition) is 3. The van der Waals surface area contributed by atoms with Gasteiger partial charge in [-0.05, 0) is 36.0 Å². The first-order valence-electron chi connectivity index (χ1n) is 6.82. The maximum Gasteiger partial charge on any atom is 0.0897 e. The molecule has 0 spiro atoms. The summed E-state index contributed by atoms with van der Waals surface area (Å²) < 4.78 is 4.96. The minimum atomic E-state index is -0.383. The Balaban J connectivity index is 1.92. The fourth-order valence-corrected chi connectivity index (χ4v) is 4.04. The molecule has 4 atom stereocenters. The smallest absolute Gasteiger partial charge is 0.0897 e. The second-order valence-corrected chi connectivity index (χ2v) is 6.68. The van der Waals surface area contributed by atoms with Crippen molar-refractivity contribution in [1.82, 2.24) is 5.32 Å². The molecule has 100 valence electrons. The Hall–Kier alpha value is -0.120.